The predicted octanol–water partition coefficient (Wildman–Crippen LogP) is 2.86. The van der Waals surface area contributed by atoms with E-state index in [1.165, 1.54) is 24.6 Å². The van der Waals surface area contributed by atoms with E-state index in [2.05, 4.69) is 14.9 Å². The quantitative estimate of drug-likeness (QED) is 0.698. The van der Waals surface area contributed by atoms with Gasteiger partial charge in [0.2, 0.25) is 0 Å². The third-order valence-electron chi connectivity index (χ3n) is 3.44. The third kappa shape index (κ3) is 2.71. The second-order valence-electron chi connectivity index (χ2n) is 4.77. The molecule has 1 N–H and O–H groups in total. The van der Waals surface area contributed by atoms with Crippen LogP contribution in [0.1, 0.15) is 23.2 Å². The predicted molar refractivity (Wildman–Crippen MR) is 86.3 cm³/mol. The molecule has 1 fully saturated rings. The van der Waals surface area contributed by atoms with Gasteiger partial charge in [0.15, 0.2) is 5.78 Å². The highest BCUT2D eigenvalue weighted by molar-refractivity contribution is 8.23. The van der Waals surface area contributed by atoms with Crippen molar-refractivity contribution in [1.29, 1.82) is 0 Å². The Kier molecular flexibility index (Phi) is 4.03. The van der Waals surface area contributed by atoms with E-state index in [0.717, 1.165) is 28.4 Å². The third-order valence-corrected chi connectivity index (χ3v) is 4.97. The van der Waals surface area contributed by atoms with Gasteiger partial charge in [-0.25, -0.2) is 4.98 Å². The van der Waals surface area contributed by atoms with E-state index in [1.54, 1.807) is 12.4 Å². The summed E-state index contributed by atoms with van der Waals surface area (Å²) < 4.78 is 0.841. The normalized spacial score (nSPS) is 14.9. The molecule has 0 atom stereocenters. The van der Waals surface area contributed by atoms with Crippen LogP contribution in [0.4, 0.5) is 0 Å². The molecule has 2 aromatic heterocycles. The second-order valence-corrected chi connectivity index (χ2v) is 6.38. The van der Waals surface area contributed by atoms with E-state index in [0.29, 0.717) is 11.3 Å². The number of pyridine rings is 1. The number of aromatic nitrogens is 2. The molecule has 1 saturated heterocycles. The van der Waals surface area contributed by atoms with Gasteiger partial charge in [-0.1, -0.05) is 24.0 Å². The second kappa shape index (κ2) is 5.93. The lowest BCUT2D eigenvalue weighted by Crippen LogP contribution is -2.24. The molecule has 0 saturated carbocycles. The number of Topliss-reactive ketones (excluding diaryl/α,β-unsaturated/α-hetero) is 1. The van der Waals surface area contributed by atoms with Gasteiger partial charge in [-0.2, -0.15) is 0 Å². The molecule has 0 aromatic carbocycles. The summed E-state index contributed by atoms with van der Waals surface area (Å²) in [4.78, 5) is 21.7. The van der Waals surface area contributed by atoms with Crippen molar-refractivity contribution < 1.29 is 4.79 Å². The summed E-state index contributed by atoms with van der Waals surface area (Å²) in [6.07, 6.45) is 5.84. The number of nitrogens with zero attached hydrogens (tertiary/aromatic N) is 2. The first-order valence-electron chi connectivity index (χ1n) is 6.63. The largest absolute Gasteiger partial charge is 0.358 e. The Hall–Kier alpha value is -1.40. The fourth-order valence-corrected chi connectivity index (χ4v) is 3.52. The van der Waals surface area contributed by atoms with Crippen LogP contribution in [0.15, 0.2) is 24.5 Å². The molecule has 0 radical (unpaired) electrons. The van der Waals surface area contributed by atoms with Crippen molar-refractivity contribution in [2.75, 3.05) is 18.8 Å². The molecule has 3 rings (SSSR count). The smallest absolute Gasteiger partial charge is 0.175 e. The number of aromatic amines is 1. The number of fused-ring (bicyclic) bond motifs is 1. The van der Waals surface area contributed by atoms with Crippen LogP contribution in [-0.4, -0.2) is 43.8 Å². The number of likely N-dealkylation sites (tertiary alicyclic amines) is 1. The molecule has 0 spiro atoms. The summed E-state index contributed by atoms with van der Waals surface area (Å²) >= 11 is 6.84. The van der Waals surface area contributed by atoms with Crippen LogP contribution in [0.25, 0.3) is 11.0 Å². The number of ketones is 1. The van der Waals surface area contributed by atoms with Crippen molar-refractivity contribution in [1.82, 2.24) is 14.9 Å². The van der Waals surface area contributed by atoms with Gasteiger partial charge in [0.05, 0.1) is 5.75 Å². The minimum atomic E-state index is 0.0933. The number of thiocarbonyl (C=S) groups is 1. The van der Waals surface area contributed by atoms with Gasteiger partial charge in [-0.3, -0.25) is 4.79 Å². The molecule has 1 aliphatic rings. The van der Waals surface area contributed by atoms with Gasteiger partial charge in [-0.15, -0.1) is 0 Å². The number of H-pyrrole nitrogens is 1. The summed E-state index contributed by atoms with van der Waals surface area (Å²) in [6, 6.07) is 3.75. The van der Waals surface area contributed by atoms with Crippen molar-refractivity contribution in [2.45, 2.75) is 12.8 Å². The maximum atomic E-state index is 12.3. The van der Waals surface area contributed by atoms with Gasteiger partial charge in [0, 0.05) is 36.4 Å². The summed E-state index contributed by atoms with van der Waals surface area (Å²) in [5.74, 6) is 0.479. The zero-order valence-electron chi connectivity index (χ0n) is 11.0. The average molecular weight is 305 g/mol. The average Bonchev–Trinajstić information content (AvgIpc) is 3.13. The topological polar surface area (TPSA) is 49.0 Å². The zero-order chi connectivity index (χ0) is 13.9. The van der Waals surface area contributed by atoms with Crippen LogP contribution in [-0.2, 0) is 0 Å². The number of carbonyl (C=O) groups excluding carboxylic acids is 1. The molecular formula is C14H15N3OS2. The Morgan fingerprint density at radius 1 is 1.45 bits per heavy atom. The van der Waals surface area contributed by atoms with Crippen molar-refractivity contribution in [3.05, 3.63) is 30.1 Å². The maximum Gasteiger partial charge on any atom is 0.175 e. The molecule has 0 amide bonds. The Bertz CT molecular complexity index is 647. The molecular weight excluding hydrogens is 290 g/mol. The molecule has 2 aromatic rings. The summed E-state index contributed by atoms with van der Waals surface area (Å²) in [6.45, 7) is 2.05. The molecule has 0 unspecified atom stereocenters. The standard InChI is InChI=1S/C14H15N3OS2/c18-12(9-20-14(19)17-6-1-2-7-17)11-8-16-13-10(11)4-3-5-15-13/h3-5,8H,1-2,6-7,9H2,(H,15,16). The molecule has 104 valence electrons. The van der Waals surface area contributed by atoms with Crippen LogP contribution in [0.2, 0.25) is 0 Å². The zero-order valence-corrected chi connectivity index (χ0v) is 12.6. The Morgan fingerprint density at radius 2 is 2.25 bits per heavy atom. The van der Waals surface area contributed by atoms with Crippen molar-refractivity contribution in [2.24, 2.45) is 0 Å². The van der Waals surface area contributed by atoms with Gasteiger partial charge in [-0.05, 0) is 25.0 Å². The first kappa shape index (κ1) is 13.6. The minimum absolute atomic E-state index is 0.0933. The fraction of sp³-hybridized carbons (Fsp3) is 0.357. The highest BCUT2D eigenvalue weighted by Crippen LogP contribution is 2.20. The molecule has 20 heavy (non-hydrogen) atoms. The van der Waals surface area contributed by atoms with Crippen molar-refractivity contribution in [3.63, 3.8) is 0 Å². The van der Waals surface area contributed by atoms with Gasteiger partial charge in [0.25, 0.3) is 0 Å². The first-order valence-corrected chi connectivity index (χ1v) is 8.02. The molecule has 0 aliphatic carbocycles. The van der Waals surface area contributed by atoms with Crippen LogP contribution in [0, 0.1) is 0 Å². The Morgan fingerprint density at radius 3 is 3.05 bits per heavy atom. The van der Waals surface area contributed by atoms with Crippen LogP contribution >= 0.6 is 24.0 Å². The summed E-state index contributed by atoms with van der Waals surface area (Å²) in [7, 11) is 0. The molecule has 3 heterocycles. The lowest BCUT2D eigenvalue weighted by Gasteiger charge is -2.16. The SMILES string of the molecule is O=C(CSC(=S)N1CCCC1)c1c[nH]c2ncccc12. The summed E-state index contributed by atoms with van der Waals surface area (Å²) in [5, 5.41) is 0.880. The minimum Gasteiger partial charge on any atom is -0.358 e. The molecule has 4 nitrogen and oxygen atoms in total. The number of carbonyl (C=O) groups is 1. The first-order chi connectivity index (χ1) is 9.75. The van der Waals surface area contributed by atoms with E-state index < -0.39 is 0 Å². The maximum absolute atomic E-state index is 12.3. The van der Waals surface area contributed by atoms with E-state index in [1.807, 2.05) is 12.1 Å². The lowest BCUT2D eigenvalue weighted by atomic mass is 10.1. The molecule has 6 heteroatoms. The van der Waals surface area contributed by atoms with Crippen LogP contribution in [0.3, 0.4) is 0 Å². The molecule has 0 bridgehead atoms. The highest BCUT2D eigenvalue weighted by atomic mass is 32.2. The van der Waals surface area contributed by atoms with Crippen LogP contribution < -0.4 is 0 Å². The van der Waals surface area contributed by atoms with Crippen molar-refractivity contribution >= 4 is 45.1 Å². The Balaban J connectivity index is 1.66. The Labute approximate surface area is 126 Å². The lowest BCUT2D eigenvalue weighted by molar-refractivity contribution is 0.102. The van der Waals surface area contributed by atoms with E-state index in [-0.39, 0.29) is 5.78 Å². The fourth-order valence-electron chi connectivity index (χ4n) is 2.38. The van der Waals surface area contributed by atoms with E-state index in [4.69, 9.17) is 12.2 Å². The number of hydrogen-bond acceptors (Lipinski definition) is 4. The monoisotopic (exact) mass is 305 g/mol. The molecule has 1 aliphatic heterocycles. The number of thioether (sulfide) groups is 1. The van der Waals surface area contributed by atoms with Gasteiger partial charge < -0.3 is 9.88 Å². The highest BCUT2D eigenvalue weighted by Gasteiger charge is 2.18. The van der Waals surface area contributed by atoms with Crippen molar-refractivity contribution in [3.8, 4) is 0 Å². The number of nitrogens with one attached hydrogen (secondary N) is 1. The van der Waals surface area contributed by atoms with Gasteiger partial charge >= 0.3 is 0 Å². The van der Waals surface area contributed by atoms with Crippen LogP contribution in [0.5, 0.6) is 0 Å². The number of hydrogen-bond donors (Lipinski definition) is 1. The number of rotatable bonds is 3. The van der Waals surface area contributed by atoms with E-state index >= 15 is 0 Å². The summed E-state index contributed by atoms with van der Waals surface area (Å²) in [5.41, 5.74) is 1.45. The van der Waals surface area contributed by atoms with E-state index in [9.17, 15) is 4.79 Å². The van der Waals surface area contributed by atoms with Gasteiger partial charge in [0.1, 0.15) is 9.97 Å².